The van der Waals surface area contributed by atoms with E-state index in [0.717, 1.165) is 44.5 Å². The molecular formula is C34H22O. The summed E-state index contributed by atoms with van der Waals surface area (Å²) < 4.78 is 0. The van der Waals surface area contributed by atoms with Crippen molar-refractivity contribution in [2.45, 2.75) is 0 Å². The lowest BCUT2D eigenvalue weighted by molar-refractivity contribution is 0.476. The number of benzene rings is 5. The molecule has 0 heterocycles. The second-order valence-corrected chi connectivity index (χ2v) is 8.16. The topological polar surface area (TPSA) is 20.2 Å². The van der Waals surface area contributed by atoms with Crippen molar-refractivity contribution in [2.24, 2.45) is 0 Å². The first-order valence-corrected chi connectivity index (χ1v) is 11.4. The van der Waals surface area contributed by atoms with E-state index in [1.54, 1.807) is 12.1 Å². The molecule has 1 heteroatoms. The van der Waals surface area contributed by atoms with E-state index in [1.807, 2.05) is 109 Å². The highest BCUT2D eigenvalue weighted by atomic mass is 16.3. The van der Waals surface area contributed by atoms with Crippen molar-refractivity contribution >= 4 is 0 Å². The van der Waals surface area contributed by atoms with Gasteiger partial charge in [0.2, 0.25) is 0 Å². The van der Waals surface area contributed by atoms with Crippen LogP contribution in [-0.4, -0.2) is 5.11 Å². The van der Waals surface area contributed by atoms with Gasteiger partial charge in [-0.3, -0.25) is 0 Å². The molecule has 5 aromatic carbocycles. The van der Waals surface area contributed by atoms with Gasteiger partial charge in [0, 0.05) is 22.3 Å². The smallest absolute Gasteiger partial charge is 0.116 e. The van der Waals surface area contributed by atoms with Gasteiger partial charge in [0.1, 0.15) is 5.75 Å². The average Bonchev–Trinajstić information content (AvgIpc) is 2.92. The van der Waals surface area contributed by atoms with E-state index in [9.17, 15) is 5.11 Å². The molecule has 0 spiro atoms. The molecule has 0 aliphatic heterocycles. The van der Waals surface area contributed by atoms with Crippen LogP contribution >= 0.6 is 0 Å². The molecule has 164 valence electrons. The van der Waals surface area contributed by atoms with Gasteiger partial charge < -0.3 is 5.11 Å². The Morgan fingerprint density at radius 1 is 0.343 bits per heavy atom. The Morgan fingerprint density at radius 2 is 0.686 bits per heavy atom. The molecule has 35 heavy (non-hydrogen) atoms. The molecule has 0 fully saturated rings. The second kappa shape index (κ2) is 10.3. The monoisotopic (exact) mass is 446 g/mol. The minimum Gasteiger partial charge on any atom is -0.508 e. The normalized spacial score (nSPS) is 9.94. The Kier molecular flexibility index (Phi) is 6.43. The molecule has 0 unspecified atom stereocenters. The summed E-state index contributed by atoms with van der Waals surface area (Å²) in [5, 5.41) is 10.4. The summed E-state index contributed by atoms with van der Waals surface area (Å²) in [6.07, 6.45) is 0. The highest BCUT2D eigenvalue weighted by Gasteiger charge is 2.05. The molecule has 0 atom stereocenters. The van der Waals surface area contributed by atoms with Gasteiger partial charge in [-0.1, -0.05) is 84.3 Å². The zero-order chi connectivity index (χ0) is 23.9. The van der Waals surface area contributed by atoms with Gasteiger partial charge in [-0.05, 0) is 89.0 Å². The minimum atomic E-state index is 0.235. The molecule has 5 rings (SSSR count). The maximum Gasteiger partial charge on any atom is 0.116 e. The highest BCUT2D eigenvalue weighted by Crippen LogP contribution is 2.31. The van der Waals surface area contributed by atoms with Crippen LogP contribution in [0, 0.1) is 23.7 Å². The van der Waals surface area contributed by atoms with E-state index in [4.69, 9.17) is 0 Å². The molecule has 0 aromatic heterocycles. The predicted molar refractivity (Wildman–Crippen MR) is 144 cm³/mol. The standard InChI is InChI=1S/C34H22O/c35-34-24-32(30-19-15-28(16-20-30)13-11-26-7-3-1-4-8-26)23-33(25-34)31-21-17-29(18-22-31)14-12-27-9-5-2-6-10-27/h1-10,15-25,35H. The average molecular weight is 447 g/mol. The molecule has 0 aliphatic rings. The minimum absolute atomic E-state index is 0.235. The van der Waals surface area contributed by atoms with Crippen LogP contribution in [0.25, 0.3) is 22.3 Å². The van der Waals surface area contributed by atoms with Crippen LogP contribution in [0.2, 0.25) is 0 Å². The first-order valence-electron chi connectivity index (χ1n) is 11.4. The fourth-order valence-corrected chi connectivity index (χ4v) is 3.77. The van der Waals surface area contributed by atoms with Crippen LogP contribution in [0.3, 0.4) is 0 Å². The first kappa shape index (κ1) is 21.8. The molecule has 0 saturated heterocycles. The van der Waals surface area contributed by atoms with Crippen LogP contribution in [-0.2, 0) is 0 Å². The number of hydrogen-bond donors (Lipinski definition) is 1. The molecule has 0 amide bonds. The van der Waals surface area contributed by atoms with E-state index in [1.165, 1.54) is 0 Å². The highest BCUT2D eigenvalue weighted by molar-refractivity contribution is 5.75. The maximum absolute atomic E-state index is 10.4. The Hall–Kier alpha value is -4.98. The summed E-state index contributed by atoms with van der Waals surface area (Å²) in [6.45, 7) is 0. The summed E-state index contributed by atoms with van der Waals surface area (Å²) in [6, 6.07) is 41.7. The van der Waals surface area contributed by atoms with Crippen LogP contribution in [0.1, 0.15) is 22.3 Å². The lowest BCUT2D eigenvalue weighted by Gasteiger charge is -2.08. The lowest BCUT2D eigenvalue weighted by Crippen LogP contribution is -1.84. The van der Waals surface area contributed by atoms with Crippen molar-refractivity contribution in [3.63, 3.8) is 0 Å². The quantitative estimate of drug-likeness (QED) is 0.278. The summed E-state index contributed by atoms with van der Waals surface area (Å²) in [4.78, 5) is 0. The second-order valence-electron chi connectivity index (χ2n) is 8.16. The summed E-state index contributed by atoms with van der Waals surface area (Å²) in [5.41, 5.74) is 7.84. The van der Waals surface area contributed by atoms with E-state index in [0.29, 0.717) is 0 Å². The van der Waals surface area contributed by atoms with Gasteiger partial charge in [0.15, 0.2) is 0 Å². The molecule has 0 aliphatic carbocycles. The number of phenolic OH excluding ortho intramolecular Hbond substituents is 1. The largest absolute Gasteiger partial charge is 0.508 e. The fraction of sp³-hybridized carbons (Fsp3) is 0. The summed E-state index contributed by atoms with van der Waals surface area (Å²) in [5.74, 6) is 13.0. The number of rotatable bonds is 2. The number of phenols is 1. The van der Waals surface area contributed by atoms with Crippen molar-refractivity contribution in [2.75, 3.05) is 0 Å². The van der Waals surface area contributed by atoms with Gasteiger partial charge in [-0.25, -0.2) is 0 Å². The molecule has 0 saturated carbocycles. The molecule has 5 aromatic rings. The molecule has 0 bridgehead atoms. The van der Waals surface area contributed by atoms with Crippen molar-refractivity contribution in [3.8, 4) is 51.7 Å². The molecule has 0 radical (unpaired) electrons. The number of hydrogen-bond acceptors (Lipinski definition) is 1. The first-order chi connectivity index (χ1) is 17.2. The van der Waals surface area contributed by atoms with E-state index < -0.39 is 0 Å². The third kappa shape index (κ3) is 5.69. The molecule has 1 nitrogen and oxygen atoms in total. The maximum atomic E-state index is 10.4. The molecule has 1 N–H and O–H groups in total. The fourth-order valence-electron chi connectivity index (χ4n) is 3.77. The van der Waals surface area contributed by atoms with E-state index >= 15 is 0 Å². The number of aromatic hydroxyl groups is 1. The van der Waals surface area contributed by atoms with Crippen molar-refractivity contribution in [1.29, 1.82) is 0 Å². The summed E-state index contributed by atoms with van der Waals surface area (Å²) in [7, 11) is 0. The Labute approximate surface area is 206 Å². The van der Waals surface area contributed by atoms with Crippen LogP contribution < -0.4 is 0 Å². The van der Waals surface area contributed by atoms with Gasteiger partial charge >= 0.3 is 0 Å². The Balaban J connectivity index is 1.36. The predicted octanol–water partition coefficient (Wildman–Crippen LogP) is 7.53. The van der Waals surface area contributed by atoms with Crippen LogP contribution in [0.15, 0.2) is 127 Å². The molecular weight excluding hydrogens is 424 g/mol. The Bertz CT molecular complexity index is 1440. The SMILES string of the molecule is Oc1cc(-c2ccc(C#Cc3ccccc3)cc2)cc(-c2ccc(C#Cc3ccccc3)cc2)c1. The van der Waals surface area contributed by atoms with Crippen LogP contribution in [0.4, 0.5) is 0 Å². The van der Waals surface area contributed by atoms with Crippen LogP contribution in [0.5, 0.6) is 5.75 Å². The van der Waals surface area contributed by atoms with Crippen molar-refractivity contribution in [1.82, 2.24) is 0 Å². The van der Waals surface area contributed by atoms with Crippen molar-refractivity contribution < 1.29 is 5.11 Å². The summed E-state index contributed by atoms with van der Waals surface area (Å²) >= 11 is 0. The van der Waals surface area contributed by atoms with E-state index in [-0.39, 0.29) is 5.75 Å². The third-order valence-electron chi connectivity index (χ3n) is 5.60. The zero-order valence-corrected chi connectivity index (χ0v) is 19.1. The van der Waals surface area contributed by atoms with Gasteiger partial charge in [0.25, 0.3) is 0 Å². The van der Waals surface area contributed by atoms with Crippen molar-refractivity contribution in [3.05, 3.63) is 150 Å². The van der Waals surface area contributed by atoms with Gasteiger partial charge in [0.05, 0.1) is 0 Å². The Morgan fingerprint density at radius 3 is 1.06 bits per heavy atom. The third-order valence-corrected chi connectivity index (χ3v) is 5.60. The van der Waals surface area contributed by atoms with Gasteiger partial charge in [-0.15, -0.1) is 0 Å². The van der Waals surface area contributed by atoms with Gasteiger partial charge in [-0.2, -0.15) is 0 Å². The van der Waals surface area contributed by atoms with E-state index in [2.05, 4.69) is 29.7 Å². The lowest BCUT2D eigenvalue weighted by atomic mass is 9.97. The zero-order valence-electron chi connectivity index (χ0n) is 19.1.